The second-order valence-electron chi connectivity index (χ2n) is 7.22. The number of anilines is 2. The van der Waals surface area contributed by atoms with Crippen molar-refractivity contribution < 1.29 is 4.39 Å². The summed E-state index contributed by atoms with van der Waals surface area (Å²) in [6.07, 6.45) is 0. The number of nitrogens with one attached hydrogen (secondary N) is 1. The first-order chi connectivity index (χ1) is 15.6. The SMILES string of the molecule is Nc1c2c(-c3cccc(Cl)c3)nc(NCc3ccccc3)nc2nn1-c1cccc(F)c1. The molecule has 0 radical (unpaired) electrons. The molecule has 5 aromatic rings. The third kappa shape index (κ3) is 3.86. The molecular weight excluding hydrogens is 427 g/mol. The van der Waals surface area contributed by atoms with Gasteiger partial charge in [0.05, 0.1) is 16.8 Å². The van der Waals surface area contributed by atoms with Crippen molar-refractivity contribution in [3.05, 3.63) is 95.3 Å². The molecule has 5 rings (SSSR count). The molecule has 0 spiro atoms. The maximum atomic E-state index is 13.8. The van der Waals surface area contributed by atoms with Gasteiger partial charge < -0.3 is 11.1 Å². The van der Waals surface area contributed by atoms with Crippen LogP contribution in [0.3, 0.4) is 0 Å². The number of aromatic nitrogens is 4. The fourth-order valence-electron chi connectivity index (χ4n) is 3.52. The molecule has 8 heteroatoms. The van der Waals surface area contributed by atoms with Crippen LogP contribution in [0, 0.1) is 5.82 Å². The maximum Gasteiger partial charge on any atom is 0.225 e. The Morgan fingerprint density at radius 1 is 0.938 bits per heavy atom. The quantitative estimate of drug-likeness (QED) is 0.375. The predicted octanol–water partition coefficient (Wildman–Crippen LogP) is 5.47. The zero-order valence-electron chi connectivity index (χ0n) is 16.8. The topological polar surface area (TPSA) is 81.7 Å². The van der Waals surface area contributed by atoms with Crippen molar-refractivity contribution in [2.45, 2.75) is 6.54 Å². The number of fused-ring (bicyclic) bond motifs is 1. The monoisotopic (exact) mass is 444 g/mol. The van der Waals surface area contributed by atoms with Gasteiger partial charge in [0, 0.05) is 17.1 Å². The number of nitrogen functional groups attached to an aromatic ring is 1. The number of halogens is 2. The van der Waals surface area contributed by atoms with Crippen molar-refractivity contribution in [3.63, 3.8) is 0 Å². The third-order valence-electron chi connectivity index (χ3n) is 5.01. The molecule has 2 aromatic heterocycles. The van der Waals surface area contributed by atoms with Gasteiger partial charge in [0.15, 0.2) is 5.65 Å². The van der Waals surface area contributed by atoms with E-state index in [4.69, 9.17) is 22.3 Å². The second-order valence-corrected chi connectivity index (χ2v) is 7.66. The fraction of sp³-hybridized carbons (Fsp3) is 0.0417. The summed E-state index contributed by atoms with van der Waals surface area (Å²) >= 11 is 6.23. The molecule has 2 heterocycles. The minimum Gasteiger partial charge on any atom is -0.383 e. The largest absolute Gasteiger partial charge is 0.383 e. The lowest BCUT2D eigenvalue weighted by atomic mass is 10.1. The molecule has 6 nitrogen and oxygen atoms in total. The molecule has 158 valence electrons. The van der Waals surface area contributed by atoms with Gasteiger partial charge in [0.25, 0.3) is 0 Å². The van der Waals surface area contributed by atoms with Gasteiger partial charge >= 0.3 is 0 Å². The Morgan fingerprint density at radius 2 is 1.75 bits per heavy atom. The number of benzene rings is 3. The van der Waals surface area contributed by atoms with E-state index in [0.717, 1.165) is 11.1 Å². The van der Waals surface area contributed by atoms with Gasteiger partial charge in [-0.15, -0.1) is 5.10 Å². The van der Waals surface area contributed by atoms with Gasteiger partial charge in [-0.05, 0) is 35.9 Å². The Labute approximate surface area is 188 Å². The van der Waals surface area contributed by atoms with Crippen LogP contribution in [0.4, 0.5) is 16.2 Å². The van der Waals surface area contributed by atoms with Crippen LogP contribution in [-0.2, 0) is 6.54 Å². The zero-order chi connectivity index (χ0) is 22.1. The molecule has 32 heavy (non-hydrogen) atoms. The molecular formula is C24H18ClFN6. The summed E-state index contributed by atoms with van der Waals surface area (Å²) in [7, 11) is 0. The number of nitrogens with two attached hydrogens (primary N) is 1. The summed E-state index contributed by atoms with van der Waals surface area (Å²) < 4.78 is 15.3. The average molecular weight is 445 g/mol. The Bertz CT molecular complexity index is 1420. The first-order valence-electron chi connectivity index (χ1n) is 9.94. The summed E-state index contributed by atoms with van der Waals surface area (Å²) in [5.74, 6) is 0.336. The van der Waals surface area contributed by atoms with Crippen molar-refractivity contribution in [1.29, 1.82) is 0 Å². The van der Waals surface area contributed by atoms with Gasteiger partial charge in [-0.3, -0.25) is 0 Å². The van der Waals surface area contributed by atoms with Crippen LogP contribution >= 0.6 is 11.6 Å². The first kappa shape index (κ1) is 20.0. The molecule has 0 atom stereocenters. The highest BCUT2D eigenvalue weighted by Crippen LogP contribution is 2.33. The van der Waals surface area contributed by atoms with E-state index in [1.807, 2.05) is 48.5 Å². The van der Waals surface area contributed by atoms with Crippen molar-refractivity contribution in [3.8, 4) is 16.9 Å². The molecule has 0 bridgehead atoms. The summed E-state index contributed by atoms with van der Waals surface area (Å²) in [5, 5.41) is 8.94. The van der Waals surface area contributed by atoms with Crippen molar-refractivity contribution in [2.75, 3.05) is 11.1 Å². The van der Waals surface area contributed by atoms with E-state index in [1.54, 1.807) is 18.2 Å². The Kier molecular flexibility index (Phi) is 5.17. The summed E-state index contributed by atoms with van der Waals surface area (Å²) in [6, 6.07) is 23.3. The van der Waals surface area contributed by atoms with E-state index in [9.17, 15) is 4.39 Å². The molecule has 0 saturated carbocycles. The lowest BCUT2D eigenvalue weighted by molar-refractivity contribution is 0.625. The van der Waals surface area contributed by atoms with Gasteiger partial charge in [0.2, 0.25) is 5.95 Å². The Hall–Kier alpha value is -3.97. The van der Waals surface area contributed by atoms with Crippen molar-refractivity contribution >= 4 is 34.4 Å². The van der Waals surface area contributed by atoms with E-state index in [1.165, 1.54) is 16.8 Å². The minimum absolute atomic E-state index is 0.315. The number of hydrogen-bond donors (Lipinski definition) is 2. The normalized spacial score (nSPS) is 11.1. The van der Waals surface area contributed by atoms with Gasteiger partial charge in [0.1, 0.15) is 11.6 Å². The van der Waals surface area contributed by atoms with Gasteiger partial charge in [-0.2, -0.15) is 4.98 Å². The molecule has 0 fully saturated rings. The molecule has 0 saturated heterocycles. The van der Waals surface area contributed by atoms with Crippen LogP contribution in [0.2, 0.25) is 5.02 Å². The molecule has 3 aromatic carbocycles. The Balaban J connectivity index is 1.66. The smallest absolute Gasteiger partial charge is 0.225 e. The number of hydrogen-bond acceptors (Lipinski definition) is 5. The molecule has 3 N–H and O–H groups in total. The fourth-order valence-corrected chi connectivity index (χ4v) is 3.71. The van der Waals surface area contributed by atoms with E-state index in [0.29, 0.717) is 45.7 Å². The average Bonchev–Trinajstić information content (AvgIpc) is 3.14. The standard InChI is InChI=1S/C24H18ClFN6/c25-17-9-4-8-16(12-17)21-20-22(27)32(19-11-5-10-18(26)13-19)31-23(20)30-24(29-21)28-14-15-6-2-1-3-7-15/h1-13H,14,27H2,(H,28,30,31). The highest BCUT2D eigenvalue weighted by atomic mass is 35.5. The maximum absolute atomic E-state index is 13.8. The summed E-state index contributed by atoms with van der Waals surface area (Å²) in [5.41, 5.74) is 9.80. The van der Waals surface area contributed by atoms with Crippen LogP contribution in [0.5, 0.6) is 0 Å². The lowest BCUT2D eigenvalue weighted by Crippen LogP contribution is -2.05. The van der Waals surface area contributed by atoms with Crippen LogP contribution in [0.25, 0.3) is 28.0 Å². The first-order valence-corrected chi connectivity index (χ1v) is 10.3. The lowest BCUT2D eigenvalue weighted by Gasteiger charge is -2.09. The van der Waals surface area contributed by atoms with E-state index in [-0.39, 0.29) is 5.82 Å². The third-order valence-corrected chi connectivity index (χ3v) is 5.25. The zero-order valence-corrected chi connectivity index (χ0v) is 17.6. The number of nitrogens with zero attached hydrogens (tertiary/aromatic N) is 4. The van der Waals surface area contributed by atoms with Crippen molar-refractivity contribution in [1.82, 2.24) is 19.7 Å². The van der Waals surface area contributed by atoms with Crippen molar-refractivity contribution in [2.24, 2.45) is 0 Å². The molecule has 0 amide bonds. The highest BCUT2D eigenvalue weighted by Gasteiger charge is 2.19. The molecule has 0 aliphatic rings. The van der Waals surface area contributed by atoms with E-state index >= 15 is 0 Å². The van der Waals surface area contributed by atoms with Crippen LogP contribution in [0.15, 0.2) is 78.9 Å². The van der Waals surface area contributed by atoms with Crippen LogP contribution in [-0.4, -0.2) is 19.7 Å². The van der Waals surface area contributed by atoms with Gasteiger partial charge in [-0.25, -0.2) is 14.1 Å². The minimum atomic E-state index is -0.382. The van der Waals surface area contributed by atoms with Gasteiger partial charge in [-0.1, -0.05) is 60.1 Å². The Morgan fingerprint density at radius 3 is 2.53 bits per heavy atom. The number of rotatable bonds is 5. The summed E-state index contributed by atoms with van der Waals surface area (Å²) in [6.45, 7) is 0.543. The molecule has 0 aliphatic heterocycles. The van der Waals surface area contributed by atoms with E-state index in [2.05, 4.69) is 15.4 Å². The summed E-state index contributed by atoms with van der Waals surface area (Å²) in [4.78, 5) is 9.29. The predicted molar refractivity (Wildman–Crippen MR) is 125 cm³/mol. The van der Waals surface area contributed by atoms with Crippen LogP contribution in [0.1, 0.15) is 5.56 Å². The van der Waals surface area contributed by atoms with Crippen LogP contribution < -0.4 is 11.1 Å². The van der Waals surface area contributed by atoms with E-state index < -0.39 is 0 Å². The second kappa shape index (κ2) is 8.28. The molecule has 0 unspecified atom stereocenters. The highest BCUT2D eigenvalue weighted by molar-refractivity contribution is 6.30. The molecule has 0 aliphatic carbocycles.